The Hall–Kier alpha value is -0.470. The molecule has 1 aromatic carbocycles. The van der Waals surface area contributed by atoms with E-state index in [4.69, 9.17) is 0 Å². The van der Waals surface area contributed by atoms with Gasteiger partial charge in [-0.15, -0.1) is 11.8 Å². The number of hydrogen-bond donors (Lipinski definition) is 1. The molecule has 0 aromatic heterocycles. The van der Waals surface area contributed by atoms with Crippen LogP contribution < -0.4 is 5.32 Å². The van der Waals surface area contributed by atoms with Crippen LogP contribution in [0.1, 0.15) is 32.8 Å². The Morgan fingerprint density at radius 1 is 1.20 bits per heavy atom. The van der Waals surface area contributed by atoms with Gasteiger partial charge in [0.2, 0.25) is 0 Å². The van der Waals surface area contributed by atoms with Crippen molar-refractivity contribution in [3.63, 3.8) is 0 Å². The van der Waals surface area contributed by atoms with Gasteiger partial charge in [-0.1, -0.05) is 26.0 Å². The summed E-state index contributed by atoms with van der Waals surface area (Å²) >= 11 is 1.89. The molecule has 2 heteroatoms. The summed E-state index contributed by atoms with van der Waals surface area (Å²) in [6.45, 7) is 6.64. The molecule has 84 valence electrons. The predicted molar refractivity (Wildman–Crippen MR) is 69.5 cm³/mol. The van der Waals surface area contributed by atoms with Gasteiger partial charge in [-0.25, -0.2) is 0 Å². The van der Waals surface area contributed by atoms with Crippen molar-refractivity contribution in [1.29, 1.82) is 0 Å². The van der Waals surface area contributed by atoms with E-state index in [1.165, 1.54) is 10.5 Å². The van der Waals surface area contributed by atoms with Gasteiger partial charge in [0.15, 0.2) is 0 Å². The summed E-state index contributed by atoms with van der Waals surface area (Å²) in [6.07, 6.45) is 1.10. The van der Waals surface area contributed by atoms with Crippen LogP contribution in [-0.4, -0.2) is 12.8 Å². The quantitative estimate of drug-likeness (QED) is 0.765. The lowest BCUT2D eigenvalue weighted by molar-refractivity contribution is 0.386. The van der Waals surface area contributed by atoms with Crippen LogP contribution in [0.2, 0.25) is 0 Å². The molecule has 1 N–H and O–H groups in total. The van der Waals surface area contributed by atoms with Crippen LogP contribution in [0.3, 0.4) is 0 Å². The lowest BCUT2D eigenvalue weighted by atomic mass is 9.90. The van der Waals surface area contributed by atoms with Crippen molar-refractivity contribution in [3.8, 4) is 0 Å². The summed E-state index contributed by atoms with van der Waals surface area (Å²) in [6, 6.07) is 8.90. The Labute approximate surface area is 97.7 Å². The number of rotatable bonds is 5. The third-order valence-electron chi connectivity index (χ3n) is 3.06. The molecule has 0 heterocycles. The molecule has 1 nitrogen and oxygen atoms in total. The molecule has 1 unspecified atom stereocenters. The normalized spacial score (nSPS) is 14.9. The summed E-state index contributed by atoms with van der Waals surface area (Å²) in [5.74, 6) is 1.14. The zero-order valence-electron chi connectivity index (χ0n) is 10.1. The van der Waals surface area contributed by atoms with Crippen LogP contribution in [0, 0.1) is 0 Å². The lowest BCUT2D eigenvalue weighted by Crippen LogP contribution is -2.35. The minimum atomic E-state index is 0.107. The molecule has 0 saturated carbocycles. The smallest absolute Gasteiger partial charge is 0.0400 e. The van der Waals surface area contributed by atoms with Gasteiger partial charge in [0.05, 0.1) is 0 Å². The highest BCUT2D eigenvalue weighted by Gasteiger charge is 2.21. The molecule has 1 aromatic rings. The molecule has 0 aliphatic heterocycles. The van der Waals surface area contributed by atoms with Gasteiger partial charge in [0, 0.05) is 10.4 Å². The SMILES string of the molecule is CCSc1ccc(C(C)(CC)NC)cc1. The Morgan fingerprint density at radius 2 is 1.80 bits per heavy atom. The summed E-state index contributed by atoms with van der Waals surface area (Å²) in [5.41, 5.74) is 1.48. The van der Waals surface area contributed by atoms with Gasteiger partial charge in [-0.2, -0.15) is 0 Å². The Morgan fingerprint density at radius 3 is 2.20 bits per heavy atom. The van der Waals surface area contributed by atoms with E-state index >= 15 is 0 Å². The molecule has 0 spiro atoms. The minimum absolute atomic E-state index is 0.107. The monoisotopic (exact) mass is 223 g/mol. The first-order chi connectivity index (χ1) is 7.16. The Bertz CT molecular complexity index is 288. The molecule has 1 atom stereocenters. The number of benzene rings is 1. The van der Waals surface area contributed by atoms with Gasteiger partial charge in [-0.3, -0.25) is 0 Å². The van der Waals surface area contributed by atoms with E-state index in [1.54, 1.807) is 0 Å². The molecular weight excluding hydrogens is 202 g/mol. The first-order valence-electron chi connectivity index (χ1n) is 5.58. The zero-order valence-corrected chi connectivity index (χ0v) is 10.9. The fourth-order valence-corrected chi connectivity index (χ4v) is 2.27. The van der Waals surface area contributed by atoms with Crippen LogP contribution >= 0.6 is 11.8 Å². The number of nitrogens with one attached hydrogen (secondary N) is 1. The maximum atomic E-state index is 3.39. The highest BCUT2D eigenvalue weighted by atomic mass is 32.2. The second-order valence-electron chi connectivity index (χ2n) is 3.89. The average Bonchev–Trinajstić information content (AvgIpc) is 2.29. The first-order valence-corrected chi connectivity index (χ1v) is 6.57. The van der Waals surface area contributed by atoms with Crippen molar-refractivity contribution in [1.82, 2.24) is 5.32 Å². The number of hydrogen-bond acceptors (Lipinski definition) is 2. The summed E-state index contributed by atoms with van der Waals surface area (Å²) in [4.78, 5) is 1.36. The Balaban J connectivity index is 2.87. The number of thioether (sulfide) groups is 1. The van der Waals surface area contributed by atoms with Crippen LogP contribution in [0.4, 0.5) is 0 Å². The highest BCUT2D eigenvalue weighted by Crippen LogP contribution is 2.26. The maximum Gasteiger partial charge on any atom is 0.0400 e. The van der Waals surface area contributed by atoms with Crippen LogP contribution in [0.25, 0.3) is 0 Å². The van der Waals surface area contributed by atoms with E-state index in [1.807, 2.05) is 18.8 Å². The largest absolute Gasteiger partial charge is 0.311 e. The van der Waals surface area contributed by atoms with E-state index in [9.17, 15) is 0 Å². The molecule has 15 heavy (non-hydrogen) atoms. The molecule has 0 fully saturated rings. The summed E-state index contributed by atoms with van der Waals surface area (Å²) in [7, 11) is 2.03. The van der Waals surface area contributed by atoms with E-state index in [0.29, 0.717) is 0 Å². The third kappa shape index (κ3) is 2.99. The van der Waals surface area contributed by atoms with Crippen LogP contribution in [0.5, 0.6) is 0 Å². The van der Waals surface area contributed by atoms with Crippen molar-refractivity contribution < 1.29 is 0 Å². The summed E-state index contributed by atoms with van der Waals surface area (Å²) < 4.78 is 0. The van der Waals surface area contributed by atoms with Gasteiger partial charge in [0.1, 0.15) is 0 Å². The van der Waals surface area contributed by atoms with Crippen LogP contribution in [-0.2, 0) is 5.54 Å². The van der Waals surface area contributed by atoms with E-state index in [0.717, 1.165) is 12.2 Å². The fraction of sp³-hybridized carbons (Fsp3) is 0.538. The third-order valence-corrected chi connectivity index (χ3v) is 3.96. The van der Waals surface area contributed by atoms with E-state index in [-0.39, 0.29) is 5.54 Å². The molecular formula is C13H21NS. The summed E-state index contributed by atoms with van der Waals surface area (Å²) in [5, 5.41) is 3.39. The molecule has 0 saturated heterocycles. The van der Waals surface area contributed by atoms with Gasteiger partial charge in [0.25, 0.3) is 0 Å². The van der Waals surface area contributed by atoms with Gasteiger partial charge in [-0.05, 0) is 43.8 Å². The van der Waals surface area contributed by atoms with Gasteiger partial charge < -0.3 is 5.32 Å². The minimum Gasteiger partial charge on any atom is -0.311 e. The second-order valence-corrected chi connectivity index (χ2v) is 5.23. The van der Waals surface area contributed by atoms with Crippen molar-refractivity contribution in [2.75, 3.05) is 12.8 Å². The molecule has 0 aliphatic rings. The maximum absolute atomic E-state index is 3.39. The average molecular weight is 223 g/mol. The Kier molecular flexibility index (Phi) is 4.68. The topological polar surface area (TPSA) is 12.0 Å². The zero-order chi connectivity index (χ0) is 11.3. The van der Waals surface area contributed by atoms with Crippen LogP contribution in [0.15, 0.2) is 29.2 Å². The lowest BCUT2D eigenvalue weighted by Gasteiger charge is -2.28. The van der Waals surface area contributed by atoms with E-state index < -0.39 is 0 Å². The first kappa shape index (κ1) is 12.6. The molecule has 0 bridgehead atoms. The van der Waals surface area contributed by atoms with Crippen molar-refractivity contribution in [2.45, 2.75) is 37.6 Å². The molecule has 1 rings (SSSR count). The van der Waals surface area contributed by atoms with E-state index in [2.05, 4.69) is 50.4 Å². The molecule has 0 amide bonds. The van der Waals surface area contributed by atoms with Crippen molar-refractivity contribution in [2.24, 2.45) is 0 Å². The van der Waals surface area contributed by atoms with Gasteiger partial charge >= 0.3 is 0 Å². The highest BCUT2D eigenvalue weighted by molar-refractivity contribution is 7.99. The second kappa shape index (κ2) is 5.57. The molecule has 0 radical (unpaired) electrons. The molecule has 0 aliphatic carbocycles. The van der Waals surface area contributed by atoms with Crippen molar-refractivity contribution in [3.05, 3.63) is 29.8 Å². The predicted octanol–water partition coefficient (Wildman–Crippen LogP) is 3.64. The standard InChI is InChI=1S/C13H21NS/c1-5-13(3,14-4)11-7-9-12(10-8-11)15-6-2/h7-10,14H,5-6H2,1-4H3. The fourth-order valence-electron chi connectivity index (χ4n) is 1.61. The van der Waals surface area contributed by atoms with Crippen molar-refractivity contribution >= 4 is 11.8 Å².